The van der Waals surface area contributed by atoms with Crippen molar-refractivity contribution in [3.63, 3.8) is 0 Å². The maximum Gasteiger partial charge on any atom is 0.142 e. The largest absolute Gasteiger partial charge is 0.340 e. The predicted molar refractivity (Wildman–Crippen MR) is 98.3 cm³/mol. The first kappa shape index (κ1) is 15.2. The van der Waals surface area contributed by atoms with Gasteiger partial charge in [0.2, 0.25) is 0 Å². The highest BCUT2D eigenvalue weighted by atomic mass is 35.5. The summed E-state index contributed by atoms with van der Waals surface area (Å²) in [5, 5.41) is 5.61. The zero-order chi connectivity index (χ0) is 16.0. The highest BCUT2D eigenvalue weighted by Gasteiger charge is 2.23. The van der Waals surface area contributed by atoms with E-state index in [1.54, 1.807) is 23.7 Å². The average molecular weight is 364 g/mol. The molecule has 1 N–H and O–H groups in total. The van der Waals surface area contributed by atoms with Gasteiger partial charge in [-0.3, -0.25) is 0 Å². The number of hydrogen-bond donors (Lipinski definition) is 1. The van der Waals surface area contributed by atoms with Gasteiger partial charge in [-0.1, -0.05) is 30.1 Å². The van der Waals surface area contributed by atoms with Gasteiger partial charge in [-0.05, 0) is 48.9 Å². The van der Waals surface area contributed by atoms with Crippen LogP contribution in [0.25, 0.3) is 10.2 Å². The number of halogens is 2. The molecular weight excluding hydrogens is 349 g/mol. The van der Waals surface area contributed by atoms with Crippen molar-refractivity contribution in [3.8, 4) is 0 Å². The van der Waals surface area contributed by atoms with E-state index < -0.39 is 0 Å². The van der Waals surface area contributed by atoms with E-state index >= 15 is 0 Å². The Hall–Kier alpha value is -1.36. The maximum atomic E-state index is 6.11. The molecule has 1 aliphatic carbocycles. The topological polar surface area (TPSA) is 37.8 Å². The average Bonchev–Trinajstić information content (AvgIpc) is 2.90. The molecular formula is C17H15Cl2N3S. The van der Waals surface area contributed by atoms with Gasteiger partial charge in [-0.2, -0.15) is 0 Å². The lowest BCUT2D eigenvalue weighted by atomic mass is 9.88. The molecule has 0 fully saturated rings. The lowest BCUT2D eigenvalue weighted by molar-refractivity contribution is 0.508. The van der Waals surface area contributed by atoms with Gasteiger partial charge in [-0.25, -0.2) is 9.97 Å². The van der Waals surface area contributed by atoms with Crippen LogP contribution in [-0.2, 0) is 12.8 Å². The SMILES string of the molecule is CC1CCc2sc3ncnc(Nc4ccc(Cl)c(Cl)c4)c3c2C1. The van der Waals surface area contributed by atoms with Crippen LogP contribution in [0.15, 0.2) is 24.5 Å². The minimum absolute atomic E-state index is 0.530. The third kappa shape index (κ3) is 2.80. The van der Waals surface area contributed by atoms with E-state index in [1.807, 2.05) is 12.1 Å². The Kier molecular flexibility index (Phi) is 3.92. The van der Waals surface area contributed by atoms with Crippen LogP contribution in [0.5, 0.6) is 0 Å². The summed E-state index contributed by atoms with van der Waals surface area (Å²) in [6, 6.07) is 5.51. The van der Waals surface area contributed by atoms with Gasteiger partial charge >= 0.3 is 0 Å². The van der Waals surface area contributed by atoms with Crippen LogP contribution in [0, 0.1) is 5.92 Å². The van der Waals surface area contributed by atoms with Gasteiger partial charge in [0.25, 0.3) is 0 Å². The van der Waals surface area contributed by atoms with Crippen molar-refractivity contribution in [1.29, 1.82) is 0 Å². The fourth-order valence-corrected chi connectivity index (χ4v) is 4.57. The van der Waals surface area contributed by atoms with E-state index in [0.717, 1.165) is 34.6 Å². The summed E-state index contributed by atoms with van der Waals surface area (Å²) in [5.41, 5.74) is 2.29. The quantitative estimate of drug-likeness (QED) is 0.618. The number of nitrogens with zero attached hydrogens (tertiary/aromatic N) is 2. The fraction of sp³-hybridized carbons (Fsp3) is 0.294. The lowest BCUT2D eigenvalue weighted by Crippen LogP contribution is -2.09. The van der Waals surface area contributed by atoms with Gasteiger partial charge in [0, 0.05) is 10.6 Å². The monoisotopic (exact) mass is 363 g/mol. The standard InChI is InChI=1S/C17H15Cl2N3S/c1-9-2-5-14-11(6-9)15-16(20-8-21-17(15)23-14)22-10-3-4-12(18)13(19)7-10/h3-4,7-9H,2,5-6H2,1H3,(H,20,21,22). The number of hydrogen-bond acceptors (Lipinski definition) is 4. The Bertz CT molecular complexity index is 891. The van der Waals surface area contributed by atoms with Crippen LogP contribution in [0.4, 0.5) is 11.5 Å². The molecule has 1 unspecified atom stereocenters. The Labute approximate surface area is 148 Å². The summed E-state index contributed by atoms with van der Waals surface area (Å²) < 4.78 is 0. The van der Waals surface area contributed by atoms with Crippen molar-refractivity contribution >= 4 is 56.3 Å². The van der Waals surface area contributed by atoms with Crippen LogP contribution in [0.1, 0.15) is 23.8 Å². The van der Waals surface area contributed by atoms with E-state index in [9.17, 15) is 0 Å². The van der Waals surface area contributed by atoms with Crippen molar-refractivity contribution in [3.05, 3.63) is 45.0 Å². The van der Waals surface area contributed by atoms with E-state index in [2.05, 4.69) is 22.2 Å². The second-order valence-electron chi connectivity index (χ2n) is 6.01. The predicted octanol–water partition coefficient (Wildman–Crippen LogP) is 5.87. The first-order valence-electron chi connectivity index (χ1n) is 7.59. The maximum absolute atomic E-state index is 6.11. The molecule has 4 rings (SSSR count). The van der Waals surface area contributed by atoms with E-state index in [0.29, 0.717) is 16.0 Å². The van der Waals surface area contributed by atoms with E-state index in [-0.39, 0.29) is 0 Å². The summed E-state index contributed by atoms with van der Waals surface area (Å²) in [4.78, 5) is 11.4. The molecule has 118 valence electrons. The van der Waals surface area contributed by atoms with Gasteiger partial charge in [0.05, 0.1) is 15.4 Å². The number of anilines is 2. The molecule has 0 radical (unpaired) electrons. The Balaban J connectivity index is 1.80. The van der Waals surface area contributed by atoms with Crippen LogP contribution in [0.3, 0.4) is 0 Å². The third-order valence-electron chi connectivity index (χ3n) is 4.27. The molecule has 6 heteroatoms. The number of nitrogens with one attached hydrogen (secondary N) is 1. The van der Waals surface area contributed by atoms with Crippen LogP contribution < -0.4 is 5.32 Å². The molecule has 0 saturated carbocycles. The molecule has 2 aromatic heterocycles. The number of fused-ring (bicyclic) bond motifs is 3. The third-order valence-corrected chi connectivity index (χ3v) is 6.21. The molecule has 1 aromatic carbocycles. The summed E-state index contributed by atoms with van der Waals surface area (Å²) in [5.74, 6) is 1.55. The normalized spacial score (nSPS) is 17.3. The molecule has 0 saturated heterocycles. The minimum atomic E-state index is 0.530. The van der Waals surface area contributed by atoms with Crippen molar-refractivity contribution in [2.24, 2.45) is 5.92 Å². The Morgan fingerprint density at radius 2 is 2.09 bits per heavy atom. The Morgan fingerprint density at radius 3 is 2.91 bits per heavy atom. The zero-order valence-electron chi connectivity index (χ0n) is 12.6. The molecule has 1 atom stereocenters. The summed E-state index contributed by atoms with van der Waals surface area (Å²) in [6.45, 7) is 2.31. The van der Waals surface area contributed by atoms with Crippen LogP contribution in [0.2, 0.25) is 10.0 Å². The highest BCUT2D eigenvalue weighted by molar-refractivity contribution is 7.19. The van der Waals surface area contributed by atoms with Gasteiger partial charge in [-0.15, -0.1) is 11.3 Å². The van der Waals surface area contributed by atoms with Crippen LogP contribution in [-0.4, -0.2) is 9.97 Å². The summed E-state index contributed by atoms with van der Waals surface area (Å²) in [7, 11) is 0. The number of aryl methyl sites for hydroxylation is 1. The minimum Gasteiger partial charge on any atom is -0.340 e. The van der Waals surface area contributed by atoms with Gasteiger partial charge < -0.3 is 5.32 Å². The second kappa shape index (κ2) is 5.93. The van der Waals surface area contributed by atoms with Crippen LogP contribution >= 0.6 is 34.5 Å². The first-order chi connectivity index (χ1) is 11.1. The van der Waals surface area contributed by atoms with E-state index in [1.165, 1.54) is 16.9 Å². The molecule has 0 spiro atoms. The van der Waals surface area contributed by atoms with Crippen molar-refractivity contribution in [2.75, 3.05) is 5.32 Å². The number of benzene rings is 1. The first-order valence-corrected chi connectivity index (χ1v) is 9.16. The molecule has 0 aliphatic heterocycles. The smallest absolute Gasteiger partial charge is 0.142 e. The molecule has 3 nitrogen and oxygen atoms in total. The Morgan fingerprint density at radius 1 is 1.22 bits per heavy atom. The summed E-state index contributed by atoms with van der Waals surface area (Å²) >= 11 is 13.9. The molecule has 0 amide bonds. The molecule has 1 aliphatic rings. The molecule has 2 heterocycles. The molecule has 0 bridgehead atoms. The number of thiophene rings is 1. The zero-order valence-corrected chi connectivity index (χ0v) is 14.9. The molecule has 23 heavy (non-hydrogen) atoms. The van der Waals surface area contributed by atoms with Crippen molar-refractivity contribution in [1.82, 2.24) is 9.97 Å². The molecule has 3 aromatic rings. The second-order valence-corrected chi connectivity index (χ2v) is 7.91. The van der Waals surface area contributed by atoms with E-state index in [4.69, 9.17) is 23.2 Å². The fourth-order valence-electron chi connectivity index (χ4n) is 3.09. The van der Waals surface area contributed by atoms with Gasteiger partial charge in [0.1, 0.15) is 17.0 Å². The van der Waals surface area contributed by atoms with Crippen molar-refractivity contribution < 1.29 is 0 Å². The lowest BCUT2D eigenvalue weighted by Gasteiger charge is -2.18. The van der Waals surface area contributed by atoms with Gasteiger partial charge in [0.15, 0.2) is 0 Å². The number of rotatable bonds is 2. The van der Waals surface area contributed by atoms with Crippen molar-refractivity contribution in [2.45, 2.75) is 26.2 Å². The number of aromatic nitrogens is 2. The highest BCUT2D eigenvalue weighted by Crippen LogP contribution is 2.40. The summed E-state index contributed by atoms with van der Waals surface area (Å²) in [6.07, 6.45) is 5.11.